The number of amides is 1. The average Bonchev–Trinajstić information content (AvgIpc) is 3.03. The van der Waals surface area contributed by atoms with Gasteiger partial charge in [0.05, 0.1) is 12.7 Å². The number of nitrogens with one attached hydrogen (secondary N) is 1. The molecule has 2 aromatic carbocycles. The largest absolute Gasteiger partial charge is 0.496 e. The van der Waals surface area contributed by atoms with Crippen LogP contribution in [0.25, 0.3) is 11.5 Å². The first-order valence-corrected chi connectivity index (χ1v) is 7.03. The number of para-hydroxylation sites is 1. The van der Waals surface area contributed by atoms with Crippen LogP contribution in [-0.2, 0) is 0 Å². The Bertz CT molecular complexity index is 842. The molecule has 6 nitrogen and oxygen atoms in total. The van der Waals surface area contributed by atoms with Gasteiger partial charge in [-0.15, -0.1) is 5.10 Å². The van der Waals surface area contributed by atoms with E-state index in [1.807, 2.05) is 31.2 Å². The standard InChI is InChI=1S/C17H15N3O3/c1-11-7-3-4-8-12(11)15(21)18-17-20-19-16(23-17)13-9-5-6-10-14(13)22-2/h3-10H,1-2H3,(H,18,20,21). The normalized spacial score (nSPS) is 10.3. The molecule has 0 aliphatic heterocycles. The molecular weight excluding hydrogens is 294 g/mol. The molecule has 1 amide bonds. The Morgan fingerprint density at radius 1 is 1.09 bits per heavy atom. The number of carbonyl (C=O) groups is 1. The number of hydrogen-bond acceptors (Lipinski definition) is 5. The summed E-state index contributed by atoms with van der Waals surface area (Å²) in [5.74, 6) is 0.605. The summed E-state index contributed by atoms with van der Waals surface area (Å²) in [7, 11) is 1.57. The molecule has 0 atom stereocenters. The van der Waals surface area contributed by atoms with Crippen LogP contribution in [0.2, 0.25) is 0 Å². The van der Waals surface area contributed by atoms with Crippen LogP contribution >= 0.6 is 0 Å². The van der Waals surface area contributed by atoms with Gasteiger partial charge in [-0.3, -0.25) is 10.1 Å². The second-order valence-corrected chi connectivity index (χ2v) is 4.88. The van der Waals surface area contributed by atoms with Crippen LogP contribution in [0.5, 0.6) is 5.75 Å². The summed E-state index contributed by atoms with van der Waals surface area (Å²) in [4.78, 5) is 12.2. The molecule has 3 rings (SSSR count). The number of hydrogen-bond donors (Lipinski definition) is 1. The predicted octanol–water partition coefficient (Wildman–Crippen LogP) is 3.31. The summed E-state index contributed by atoms with van der Waals surface area (Å²) < 4.78 is 10.8. The van der Waals surface area contributed by atoms with E-state index in [0.717, 1.165) is 5.56 Å². The van der Waals surface area contributed by atoms with Crippen molar-refractivity contribution in [3.05, 3.63) is 59.7 Å². The summed E-state index contributed by atoms with van der Waals surface area (Å²) in [5.41, 5.74) is 2.10. The molecule has 0 saturated heterocycles. The van der Waals surface area contributed by atoms with Crippen LogP contribution in [0.4, 0.5) is 6.01 Å². The number of aromatic nitrogens is 2. The molecule has 1 aromatic heterocycles. The van der Waals surface area contributed by atoms with E-state index in [-0.39, 0.29) is 17.8 Å². The maximum Gasteiger partial charge on any atom is 0.322 e. The van der Waals surface area contributed by atoms with Gasteiger partial charge in [0.1, 0.15) is 5.75 Å². The van der Waals surface area contributed by atoms with Crippen LogP contribution in [0.15, 0.2) is 52.9 Å². The summed E-state index contributed by atoms with van der Waals surface area (Å²) in [6, 6.07) is 14.6. The van der Waals surface area contributed by atoms with Gasteiger partial charge < -0.3 is 9.15 Å². The second-order valence-electron chi connectivity index (χ2n) is 4.88. The fraction of sp³-hybridized carbons (Fsp3) is 0.118. The van der Waals surface area contributed by atoms with E-state index in [1.54, 1.807) is 31.4 Å². The minimum atomic E-state index is -0.293. The lowest BCUT2D eigenvalue weighted by Crippen LogP contribution is -2.13. The van der Waals surface area contributed by atoms with Gasteiger partial charge >= 0.3 is 6.01 Å². The number of carbonyl (C=O) groups excluding carboxylic acids is 1. The van der Waals surface area contributed by atoms with Crippen LogP contribution in [-0.4, -0.2) is 23.2 Å². The summed E-state index contributed by atoms with van der Waals surface area (Å²) >= 11 is 0. The van der Waals surface area contributed by atoms with Gasteiger partial charge in [-0.25, -0.2) is 0 Å². The fourth-order valence-electron chi connectivity index (χ4n) is 2.20. The van der Waals surface area contributed by atoms with Crippen LogP contribution in [0.1, 0.15) is 15.9 Å². The van der Waals surface area contributed by atoms with Crippen molar-refractivity contribution in [2.45, 2.75) is 6.92 Å². The Morgan fingerprint density at radius 3 is 2.61 bits per heavy atom. The van der Waals surface area contributed by atoms with E-state index in [1.165, 1.54) is 0 Å². The van der Waals surface area contributed by atoms with E-state index in [0.29, 0.717) is 16.9 Å². The quantitative estimate of drug-likeness (QED) is 0.800. The predicted molar refractivity (Wildman–Crippen MR) is 85.4 cm³/mol. The molecule has 0 spiro atoms. The molecule has 0 unspecified atom stereocenters. The van der Waals surface area contributed by atoms with Gasteiger partial charge in [-0.2, -0.15) is 0 Å². The number of methoxy groups -OCH3 is 1. The minimum absolute atomic E-state index is 0.0409. The van der Waals surface area contributed by atoms with Gasteiger partial charge in [0.15, 0.2) is 0 Å². The van der Waals surface area contributed by atoms with Crippen molar-refractivity contribution >= 4 is 11.9 Å². The van der Waals surface area contributed by atoms with Crippen molar-refractivity contribution in [1.29, 1.82) is 0 Å². The molecule has 0 radical (unpaired) electrons. The second kappa shape index (κ2) is 6.31. The molecule has 116 valence electrons. The SMILES string of the molecule is COc1ccccc1-c1nnc(NC(=O)c2ccccc2C)o1. The Labute approximate surface area is 133 Å². The summed E-state index contributed by atoms with van der Waals surface area (Å²) in [6.07, 6.45) is 0. The highest BCUT2D eigenvalue weighted by Gasteiger charge is 2.16. The van der Waals surface area contributed by atoms with Crippen LogP contribution < -0.4 is 10.1 Å². The molecule has 23 heavy (non-hydrogen) atoms. The summed E-state index contributed by atoms with van der Waals surface area (Å²) in [6.45, 7) is 1.86. The highest BCUT2D eigenvalue weighted by Crippen LogP contribution is 2.29. The summed E-state index contributed by atoms with van der Waals surface area (Å²) in [5, 5.41) is 10.4. The molecule has 0 saturated carbocycles. The first kappa shape index (κ1) is 14.8. The minimum Gasteiger partial charge on any atom is -0.496 e. The number of anilines is 1. The van der Waals surface area contributed by atoms with Crippen molar-refractivity contribution in [2.24, 2.45) is 0 Å². The zero-order valence-corrected chi connectivity index (χ0v) is 12.7. The Kier molecular flexibility index (Phi) is 4.05. The van der Waals surface area contributed by atoms with Gasteiger partial charge in [-0.1, -0.05) is 35.4 Å². The zero-order chi connectivity index (χ0) is 16.2. The maximum absolute atomic E-state index is 12.2. The van der Waals surface area contributed by atoms with Gasteiger partial charge in [0.25, 0.3) is 11.8 Å². The number of rotatable bonds is 4. The highest BCUT2D eigenvalue weighted by atomic mass is 16.5. The van der Waals surface area contributed by atoms with Gasteiger partial charge in [0.2, 0.25) is 0 Å². The smallest absolute Gasteiger partial charge is 0.322 e. The van der Waals surface area contributed by atoms with Crippen molar-refractivity contribution in [2.75, 3.05) is 12.4 Å². The fourth-order valence-corrected chi connectivity index (χ4v) is 2.20. The third-order valence-corrected chi connectivity index (χ3v) is 3.37. The van der Waals surface area contributed by atoms with Crippen LogP contribution in [0.3, 0.4) is 0 Å². The lowest BCUT2D eigenvalue weighted by molar-refractivity contribution is 0.102. The van der Waals surface area contributed by atoms with E-state index >= 15 is 0 Å². The maximum atomic E-state index is 12.2. The monoisotopic (exact) mass is 309 g/mol. The first-order valence-electron chi connectivity index (χ1n) is 7.03. The topological polar surface area (TPSA) is 77.3 Å². The number of nitrogens with zero attached hydrogens (tertiary/aromatic N) is 2. The lowest BCUT2D eigenvalue weighted by Gasteiger charge is -2.04. The van der Waals surface area contributed by atoms with Crippen LogP contribution in [0, 0.1) is 6.92 Å². The highest BCUT2D eigenvalue weighted by molar-refractivity contribution is 6.04. The van der Waals surface area contributed by atoms with E-state index < -0.39 is 0 Å². The molecule has 0 fully saturated rings. The molecule has 0 aliphatic carbocycles. The molecule has 6 heteroatoms. The van der Waals surface area contributed by atoms with Crippen molar-refractivity contribution in [3.8, 4) is 17.2 Å². The number of benzene rings is 2. The molecular formula is C17H15N3O3. The Morgan fingerprint density at radius 2 is 1.83 bits per heavy atom. The van der Waals surface area contributed by atoms with Gasteiger partial charge in [0, 0.05) is 5.56 Å². The third-order valence-electron chi connectivity index (χ3n) is 3.37. The number of aryl methyl sites for hydroxylation is 1. The third kappa shape index (κ3) is 3.06. The average molecular weight is 309 g/mol. The lowest BCUT2D eigenvalue weighted by atomic mass is 10.1. The molecule has 1 N–H and O–H groups in total. The van der Waals surface area contributed by atoms with Gasteiger partial charge in [-0.05, 0) is 30.7 Å². The van der Waals surface area contributed by atoms with E-state index in [4.69, 9.17) is 9.15 Å². The van der Waals surface area contributed by atoms with E-state index in [2.05, 4.69) is 15.5 Å². The zero-order valence-electron chi connectivity index (χ0n) is 12.7. The molecule has 0 bridgehead atoms. The van der Waals surface area contributed by atoms with Crippen molar-refractivity contribution in [3.63, 3.8) is 0 Å². The molecule has 1 heterocycles. The van der Waals surface area contributed by atoms with E-state index in [9.17, 15) is 4.79 Å². The molecule has 3 aromatic rings. The first-order chi connectivity index (χ1) is 11.2. The van der Waals surface area contributed by atoms with Crippen molar-refractivity contribution < 1.29 is 13.9 Å². The number of ether oxygens (including phenoxy) is 1. The molecule has 0 aliphatic rings. The Balaban J connectivity index is 1.83. The Hall–Kier alpha value is -3.15. The van der Waals surface area contributed by atoms with Crippen molar-refractivity contribution in [1.82, 2.24) is 10.2 Å².